The van der Waals surface area contributed by atoms with E-state index in [1.165, 1.54) is 0 Å². The summed E-state index contributed by atoms with van der Waals surface area (Å²) in [6.45, 7) is 4.43. The van der Waals surface area contributed by atoms with Crippen molar-refractivity contribution in [2.45, 2.75) is 19.1 Å². The summed E-state index contributed by atoms with van der Waals surface area (Å²) in [5, 5.41) is 7.45. The van der Waals surface area contributed by atoms with Crippen LogP contribution in [0.4, 0.5) is 11.5 Å². The first kappa shape index (κ1) is 12.0. The van der Waals surface area contributed by atoms with Crippen LogP contribution in [0.1, 0.15) is 12.6 Å². The number of nitrogens with zero attached hydrogens (tertiary/aromatic N) is 2. The molecule has 86 valence electrons. The molecular formula is C9H18N4OS. The fourth-order valence-electron chi connectivity index (χ4n) is 1.24. The minimum absolute atomic E-state index is 0.0969. The van der Waals surface area contributed by atoms with Crippen LogP contribution in [0.2, 0.25) is 0 Å². The molecule has 0 saturated carbocycles. The molecular weight excluding hydrogens is 212 g/mol. The lowest BCUT2D eigenvalue weighted by molar-refractivity contribution is 0.678. The molecule has 3 N–H and O–H groups in total. The topological polar surface area (TPSA) is 72.9 Å². The summed E-state index contributed by atoms with van der Waals surface area (Å²) in [4.78, 5) is 0. The molecule has 1 aromatic rings. The van der Waals surface area contributed by atoms with Crippen LogP contribution in [0.3, 0.4) is 0 Å². The van der Waals surface area contributed by atoms with Crippen LogP contribution in [0.25, 0.3) is 0 Å². The third kappa shape index (κ3) is 2.71. The van der Waals surface area contributed by atoms with E-state index < -0.39 is 10.8 Å². The van der Waals surface area contributed by atoms with Gasteiger partial charge in [0.05, 0.1) is 11.4 Å². The maximum absolute atomic E-state index is 11.2. The Morgan fingerprint density at radius 1 is 1.67 bits per heavy atom. The molecule has 2 unspecified atom stereocenters. The van der Waals surface area contributed by atoms with Crippen molar-refractivity contribution < 1.29 is 4.21 Å². The van der Waals surface area contributed by atoms with Crippen molar-refractivity contribution in [3.63, 3.8) is 0 Å². The Bertz CT molecular complexity index is 374. The number of aromatic nitrogens is 2. The van der Waals surface area contributed by atoms with E-state index in [4.69, 9.17) is 5.73 Å². The average molecular weight is 230 g/mol. The number of rotatable bonds is 4. The van der Waals surface area contributed by atoms with E-state index >= 15 is 0 Å². The predicted molar refractivity (Wildman–Crippen MR) is 64.4 cm³/mol. The maximum atomic E-state index is 11.2. The second kappa shape index (κ2) is 4.65. The van der Waals surface area contributed by atoms with Gasteiger partial charge in [0.1, 0.15) is 5.82 Å². The molecule has 0 spiro atoms. The molecule has 0 aromatic carbocycles. The van der Waals surface area contributed by atoms with Crippen molar-refractivity contribution in [2.75, 3.05) is 23.9 Å². The Kier molecular flexibility index (Phi) is 3.73. The van der Waals surface area contributed by atoms with Gasteiger partial charge in [0.25, 0.3) is 0 Å². The van der Waals surface area contributed by atoms with E-state index in [1.54, 1.807) is 10.9 Å². The van der Waals surface area contributed by atoms with Gasteiger partial charge in [-0.05, 0) is 13.8 Å². The molecule has 0 radical (unpaired) electrons. The van der Waals surface area contributed by atoms with Gasteiger partial charge in [0.15, 0.2) is 0 Å². The van der Waals surface area contributed by atoms with Gasteiger partial charge >= 0.3 is 0 Å². The first-order valence-corrected chi connectivity index (χ1v) is 6.40. The molecule has 15 heavy (non-hydrogen) atoms. The molecule has 5 nitrogen and oxygen atoms in total. The molecule has 6 heteroatoms. The van der Waals surface area contributed by atoms with E-state index in [2.05, 4.69) is 10.4 Å². The zero-order valence-corrected chi connectivity index (χ0v) is 10.4. The zero-order valence-electron chi connectivity index (χ0n) is 9.57. The summed E-state index contributed by atoms with van der Waals surface area (Å²) in [7, 11) is 1.01. The Morgan fingerprint density at radius 2 is 2.27 bits per heavy atom. The molecule has 0 aliphatic heterocycles. The van der Waals surface area contributed by atoms with Gasteiger partial charge in [0.2, 0.25) is 0 Å². The highest BCUT2D eigenvalue weighted by atomic mass is 32.2. The second-order valence-corrected chi connectivity index (χ2v) is 5.46. The minimum Gasteiger partial charge on any atom is -0.394 e. The number of anilines is 2. The second-order valence-electron chi connectivity index (χ2n) is 3.66. The molecule has 1 aromatic heterocycles. The highest BCUT2D eigenvalue weighted by Crippen LogP contribution is 2.20. The molecule has 1 rings (SSSR count). The summed E-state index contributed by atoms with van der Waals surface area (Å²) in [5.74, 6) is 0.796. The summed E-state index contributed by atoms with van der Waals surface area (Å²) >= 11 is 0. The summed E-state index contributed by atoms with van der Waals surface area (Å²) in [5.41, 5.74) is 7.31. The highest BCUT2D eigenvalue weighted by Gasteiger charge is 2.11. The third-order valence-corrected chi connectivity index (χ3v) is 3.69. The van der Waals surface area contributed by atoms with E-state index in [-0.39, 0.29) is 5.25 Å². The average Bonchev–Trinajstić information content (AvgIpc) is 2.38. The molecule has 0 aliphatic rings. The Morgan fingerprint density at radius 3 is 2.67 bits per heavy atom. The fraction of sp³-hybridized carbons (Fsp3) is 0.667. The van der Waals surface area contributed by atoms with Crippen molar-refractivity contribution in [3.8, 4) is 0 Å². The van der Waals surface area contributed by atoms with E-state index in [0.29, 0.717) is 12.2 Å². The summed E-state index contributed by atoms with van der Waals surface area (Å²) in [6.07, 6.45) is 1.70. The summed E-state index contributed by atoms with van der Waals surface area (Å²) < 4.78 is 12.9. The van der Waals surface area contributed by atoms with Gasteiger partial charge in [-0.3, -0.25) is 8.89 Å². The molecule has 0 bridgehead atoms. The van der Waals surface area contributed by atoms with Crippen molar-refractivity contribution in [1.29, 1.82) is 0 Å². The standard InChI is InChI=1S/C9H18N4OS/c1-6(15(4)14)5-11-9-8(10)7(2)12-13(9)3/h6,11H,5,10H2,1-4H3. The minimum atomic E-state index is -0.823. The van der Waals surface area contributed by atoms with Gasteiger partial charge in [-0.25, -0.2) is 0 Å². The molecule has 0 saturated heterocycles. The lowest BCUT2D eigenvalue weighted by Gasteiger charge is -2.11. The lowest BCUT2D eigenvalue weighted by Crippen LogP contribution is -2.22. The number of nitrogens with one attached hydrogen (secondary N) is 1. The van der Waals surface area contributed by atoms with E-state index in [0.717, 1.165) is 11.5 Å². The molecule has 0 aliphatic carbocycles. The largest absolute Gasteiger partial charge is 0.394 e. The van der Waals surface area contributed by atoms with Crippen LogP contribution in [0.5, 0.6) is 0 Å². The van der Waals surface area contributed by atoms with Crippen LogP contribution in [-0.4, -0.2) is 32.0 Å². The van der Waals surface area contributed by atoms with E-state index in [9.17, 15) is 4.21 Å². The number of nitrogens with two attached hydrogens (primary N) is 1. The van der Waals surface area contributed by atoms with Crippen LogP contribution < -0.4 is 11.1 Å². The SMILES string of the molecule is Cc1nn(C)c(NCC(C)S(C)=O)c1N. The molecule has 1 heterocycles. The third-order valence-electron chi connectivity index (χ3n) is 2.39. The monoisotopic (exact) mass is 230 g/mol. The summed E-state index contributed by atoms with van der Waals surface area (Å²) in [6, 6.07) is 0. The lowest BCUT2D eigenvalue weighted by atomic mass is 10.4. The van der Waals surface area contributed by atoms with Gasteiger partial charge in [-0.2, -0.15) is 5.10 Å². The first-order valence-electron chi connectivity index (χ1n) is 4.78. The van der Waals surface area contributed by atoms with Gasteiger partial charge < -0.3 is 11.1 Å². The van der Waals surface area contributed by atoms with Crippen LogP contribution in [0.15, 0.2) is 0 Å². The Labute approximate surface area is 92.5 Å². The molecule has 2 atom stereocenters. The van der Waals surface area contributed by atoms with Crippen molar-refractivity contribution in [2.24, 2.45) is 7.05 Å². The van der Waals surface area contributed by atoms with Gasteiger partial charge in [0, 0.05) is 35.9 Å². The number of hydrogen-bond donors (Lipinski definition) is 2. The van der Waals surface area contributed by atoms with Crippen molar-refractivity contribution in [3.05, 3.63) is 5.69 Å². The zero-order chi connectivity index (χ0) is 11.6. The van der Waals surface area contributed by atoms with Gasteiger partial charge in [-0.15, -0.1) is 0 Å². The van der Waals surface area contributed by atoms with Crippen LogP contribution in [-0.2, 0) is 17.8 Å². The maximum Gasteiger partial charge on any atom is 0.147 e. The predicted octanol–water partition coefficient (Wildman–Crippen LogP) is 0.490. The number of nitrogen functional groups attached to an aromatic ring is 1. The van der Waals surface area contributed by atoms with Crippen LogP contribution >= 0.6 is 0 Å². The smallest absolute Gasteiger partial charge is 0.147 e. The van der Waals surface area contributed by atoms with Crippen molar-refractivity contribution in [1.82, 2.24) is 9.78 Å². The first-order chi connectivity index (χ1) is 6.93. The highest BCUT2D eigenvalue weighted by molar-refractivity contribution is 7.84. The number of aryl methyl sites for hydroxylation is 2. The number of hydrogen-bond acceptors (Lipinski definition) is 4. The normalized spacial score (nSPS) is 14.9. The Balaban J connectivity index is 2.69. The van der Waals surface area contributed by atoms with Gasteiger partial charge in [-0.1, -0.05) is 0 Å². The quantitative estimate of drug-likeness (QED) is 0.789. The Hall–Kier alpha value is -1.04. The van der Waals surface area contributed by atoms with Crippen molar-refractivity contribution >= 4 is 22.3 Å². The fourth-order valence-corrected chi connectivity index (χ4v) is 1.56. The van der Waals surface area contributed by atoms with Crippen LogP contribution in [0, 0.1) is 6.92 Å². The molecule has 0 amide bonds. The van der Waals surface area contributed by atoms with E-state index in [1.807, 2.05) is 20.9 Å². The molecule has 0 fully saturated rings.